The maximum absolute atomic E-state index is 12.2. The van der Waals surface area contributed by atoms with Crippen LogP contribution in [-0.4, -0.2) is 35.1 Å². The molecule has 1 unspecified atom stereocenters. The van der Waals surface area contributed by atoms with Gasteiger partial charge in [0.2, 0.25) is 0 Å². The van der Waals surface area contributed by atoms with Crippen molar-refractivity contribution in [2.24, 2.45) is 0 Å². The Morgan fingerprint density at radius 3 is 2.06 bits per heavy atom. The second-order valence-electron chi connectivity index (χ2n) is 9.40. The molecule has 9 heteroatoms. The molecule has 1 aromatic heterocycles. The molecule has 0 radical (unpaired) electrons. The third-order valence-corrected chi connectivity index (χ3v) is 7.63. The second-order valence-corrected chi connectivity index (χ2v) is 10.5. The Kier molecular flexibility index (Phi) is 11.3. The lowest BCUT2D eigenvalue weighted by Crippen LogP contribution is -2.52. The molecule has 2 amide bonds. The van der Waals surface area contributed by atoms with Gasteiger partial charge in [0.25, 0.3) is 11.8 Å². The summed E-state index contributed by atoms with van der Waals surface area (Å²) < 4.78 is 5.36. The minimum atomic E-state index is -0.997. The molecular weight excluding hydrogens is 523 g/mol. The van der Waals surface area contributed by atoms with E-state index in [1.807, 2.05) is 19.9 Å². The van der Waals surface area contributed by atoms with Gasteiger partial charge in [-0.3, -0.25) is 14.4 Å². The van der Waals surface area contributed by atoms with E-state index in [9.17, 15) is 14.4 Å². The van der Waals surface area contributed by atoms with Gasteiger partial charge in [0.15, 0.2) is 5.78 Å². The fourth-order valence-electron chi connectivity index (χ4n) is 3.97. The van der Waals surface area contributed by atoms with E-state index in [-0.39, 0.29) is 17.6 Å². The number of hydrogen-bond acceptors (Lipinski definition) is 4. The van der Waals surface area contributed by atoms with Gasteiger partial charge in [-0.1, -0.05) is 49.4 Å². The Balaban J connectivity index is 0.000000259. The average molecular weight is 558 g/mol. The largest absolute Gasteiger partial charge is 0.466 e. The lowest BCUT2D eigenvalue weighted by atomic mass is 9.93. The molecule has 3 rings (SSSR count). The van der Waals surface area contributed by atoms with E-state index >= 15 is 0 Å². The monoisotopic (exact) mass is 556 g/mol. The summed E-state index contributed by atoms with van der Waals surface area (Å²) in [7, 11) is 0. The van der Waals surface area contributed by atoms with Gasteiger partial charge in [0, 0.05) is 21.7 Å². The zero-order chi connectivity index (χ0) is 27.0. The predicted molar refractivity (Wildman–Crippen MR) is 146 cm³/mol. The van der Waals surface area contributed by atoms with E-state index < -0.39 is 11.4 Å². The summed E-state index contributed by atoms with van der Waals surface area (Å²) in [6, 6.07) is 5.22. The topological polar surface area (TPSA) is 88.4 Å². The summed E-state index contributed by atoms with van der Waals surface area (Å²) in [5.41, 5.74) is 0.707. The van der Waals surface area contributed by atoms with E-state index in [2.05, 4.69) is 10.6 Å². The third-order valence-electron chi connectivity index (χ3n) is 6.60. The molecule has 1 aromatic carbocycles. The first-order chi connectivity index (χ1) is 16.9. The van der Waals surface area contributed by atoms with Crippen molar-refractivity contribution < 1.29 is 18.8 Å². The minimum absolute atomic E-state index is 0.0150. The number of Topliss-reactive ketones (excluding diaryl/α,β-unsaturated/α-hetero) is 1. The molecule has 0 spiro atoms. The number of furan rings is 1. The van der Waals surface area contributed by atoms with Crippen molar-refractivity contribution in [1.82, 2.24) is 10.6 Å². The third kappa shape index (κ3) is 7.99. The number of alkyl halides is 1. The summed E-state index contributed by atoms with van der Waals surface area (Å²) in [5.74, 6) is 0.731. The number of carbonyl (C=O) groups is 3. The minimum Gasteiger partial charge on any atom is -0.466 e. The molecule has 2 aromatic rings. The average Bonchev–Trinajstić information content (AvgIpc) is 3.20. The smallest absolute Gasteiger partial charge is 0.255 e. The SMILES string of the molecule is CCC(C)(NC(=O)c1cc(Cl)c(C)c(Cl)c1)C(=O)CCl.Cc1cc(C(=O)NC2CCCCC2)c(C)o1. The summed E-state index contributed by atoms with van der Waals surface area (Å²) in [4.78, 5) is 36.0. The van der Waals surface area contributed by atoms with Gasteiger partial charge in [0.1, 0.15) is 11.5 Å². The maximum atomic E-state index is 12.2. The Bertz CT molecular complexity index is 1070. The van der Waals surface area contributed by atoms with Crippen molar-refractivity contribution in [2.45, 2.75) is 84.7 Å². The zero-order valence-electron chi connectivity index (χ0n) is 21.5. The standard InChI is InChI=1S/C14H16Cl3NO2.C13H19NO2/c1-4-14(3,12(19)7-15)18-13(20)9-5-10(16)8(2)11(17)6-9;1-9-8-12(10(2)16-9)13(15)14-11-6-4-3-5-7-11/h5-6H,4,7H2,1-3H3,(H,18,20);8,11H,3-7H2,1-2H3,(H,14,15). The maximum Gasteiger partial charge on any atom is 0.255 e. The van der Waals surface area contributed by atoms with Crippen LogP contribution in [0.25, 0.3) is 0 Å². The van der Waals surface area contributed by atoms with Crippen LogP contribution in [0.3, 0.4) is 0 Å². The summed E-state index contributed by atoms with van der Waals surface area (Å²) in [6.45, 7) is 8.92. The van der Waals surface area contributed by atoms with E-state index in [4.69, 9.17) is 39.2 Å². The zero-order valence-corrected chi connectivity index (χ0v) is 23.8. The van der Waals surface area contributed by atoms with Crippen LogP contribution >= 0.6 is 34.8 Å². The van der Waals surface area contributed by atoms with Crippen molar-refractivity contribution in [2.75, 3.05) is 5.88 Å². The van der Waals surface area contributed by atoms with E-state index in [0.29, 0.717) is 45.0 Å². The molecule has 1 atom stereocenters. The van der Waals surface area contributed by atoms with Crippen LogP contribution < -0.4 is 10.6 Å². The van der Waals surface area contributed by atoms with Crippen molar-refractivity contribution in [1.29, 1.82) is 0 Å². The highest BCUT2D eigenvalue weighted by Crippen LogP contribution is 2.26. The summed E-state index contributed by atoms with van der Waals surface area (Å²) >= 11 is 17.6. The van der Waals surface area contributed by atoms with Gasteiger partial charge in [-0.05, 0) is 70.7 Å². The molecule has 2 N–H and O–H groups in total. The van der Waals surface area contributed by atoms with Crippen LogP contribution in [-0.2, 0) is 4.79 Å². The van der Waals surface area contributed by atoms with Crippen LogP contribution in [0, 0.1) is 20.8 Å². The van der Waals surface area contributed by atoms with Crippen LogP contribution in [0.4, 0.5) is 0 Å². The molecule has 1 aliphatic carbocycles. The summed E-state index contributed by atoms with van der Waals surface area (Å²) in [5, 5.41) is 6.60. The highest BCUT2D eigenvalue weighted by molar-refractivity contribution is 6.36. The van der Waals surface area contributed by atoms with Gasteiger partial charge >= 0.3 is 0 Å². The Morgan fingerprint density at radius 1 is 1.00 bits per heavy atom. The quantitative estimate of drug-likeness (QED) is 0.360. The van der Waals surface area contributed by atoms with Crippen LogP contribution in [0.15, 0.2) is 22.6 Å². The molecule has 6 nitrogen and oxygen atoms in total. The van der Waals surface area contributed by atoms with Gasteiger partial charge in [-0.25, -0.2) is 0 Å². The predicted octanol–water partition coefficient (Wildman–Crippen LogP) is 6.97. The Morgan fingerprint density at radius 2 is 1.58 bits per heavy atom. The first-order valence-corrected chi connectivity index (χ1v) is 13.5. The van der Waals surface area contributed by atoms with Crippen molar-refractivity contribution in [3.63, 3.8) is 0 Å². The van der Waals surface area contributed by atoms with Crippen molar-refractivity contribution in [3.05, 3.63) is 56.5 Å². The van der Waals surface area contributed by atoms with Crippen molar-refractivity contribution >= 4 is 52.4 Å². The van der Waals surface area contributed by atoms with E-state index in [0.717, 1.165) is 18.6 Å². The van der Waals surface area contributed by atoms with Gasteiger partial charge in [-0.2, -0.15) is 0 Å². The number of ketones is 1. The number of aryl methyl sites for hydroxylation is 2. The molecule has 198 valence electrons. The van der Waals surface area contributed by atoms with E-state index in [1.165, 1.54) is 31.4 Å². The molecule has 1 saturated carbocycles. The van der Waals surface area contributed by atoms with Crippen LogP contribution in [0.2, 0.25) is 10.0 Å². The molecular formula is C27H35Cl3N2O4. The first-order valence-electron chi connectivity index (χ1n) is 12.2. The molecule has 0 saturated heterocycles. The number of carbonyl (C=O) groups excluding carboxylic acids is 3. The number of benzene rings is 1. The van der Waals surface area contributed by atoms with E-state index in [1.54, 1.807) is 20.8 Å². The van der Waals surface area contributed by atoms with Gasteiger partial charge in [0.05, 0.1) is 17.0 Å². The van der Waals surface area contributed by atoms with Crippen LogP contribution in [0.1, 0.15) is 90.2 Å². The number of nitrogens with one attached hydrogen (secondary N) is 2. The molecule has 0 bridgehead atoms. The molecule has 0 aliphatic heterocycles. The highest BCUT2D eigenvalue weighted by Gasteiger charge is 2.32. The molecule has 1 heterocycles. The fraction of sp³-hybridized carbons (Fsp3) is 0.519. The number of rotatable bonds is 7. The number of amides is 2. The summed E-state index contributed by atoms with van der Waals surface area (Å²) in [6.07, 6.45) is 6.43. The first kappa shape index (κ1) is 30.2. The Labute approximate surface area is 228 Å². The lowest BCUT2D eigenvalue weighted by Gasteiger charge is -2.27. The van der Waals surface area contributed by atoms with Gasteiger partial charge in [-0.15, -0.1) is 11.6 Å². The van der Waals surface area contributed by atoms with Gasteiger partial charge < -0.3 is 15.1 Å². The van der Waals surface area contributed by atoms with Crippen molar-refractivity contribution in [3.8, 4) is 0 Å². The fourth-order valence-corrected chi connectivity index (χ4v) is 4.75. The Hall–Kier alpha value is -2.02. The lowest BCUT2D eigenvalue weighted by molar-refractivity contribution is -0.122. The normalized spacial score (nSPS) is 15.3. The number of hydrogen-bond donors (Lipinski definition) is 2. The highest BCUT2D eigenvalue weighted by atomic mass is 35.5. The number of halogens is 3. The molecule has 36 heavy (non-hydrogen) atoms. The molecule has 1 fully saturated rings. The second kappa shape index (κ2) is 13.5. The van der Waals surface area contributed by atoms with Crippen LogP contribution in [0.5, 0.6) is 0 Å². The molecule has 1 aliphatic rings.